The molecule has 0 bridgehead atoms. The summed E-state index contributed by atoms with van der Waals surface area (Å²) in [5, 5.41) is 10.7. The molecule has 2 heterocycles. The van der Waals surface area contributed by atoms with E-state index < -0.39 is 22.3 Å². The quantitative estimate of drug-likeness (QED) is 0.295. The number of urea groups is 1. The Morgan fingerprint density at radius 1 is 1.24 bits per heavy atom. The van der Waals surface area contributed by atoms with E-state index in [1.54, 1.807) is 6.92 Å². The average molecular weight is 516 g/mol. The number of hydrogen-bond acceptors (Lipinski definition) is 11. The summed E-state index contributed by atoms with van der Waals surface area (Å²) < 4.78 is 32.2. The Balaban J connectivity index is 2.32. The molecule has 15 heteroatoms. The minimum absolute atomic E-state index is 0.0847. The molecule has 9 nitrogen and oxygen atoms in total. The normalized spacial score (nSPS) is 17.8. The minimum atomic E-state index is -4.11. The van der Waals surface area contributed by atoms with Gasteiger partial charge in [-0.05, 0) is 20.8 Å². The molecule has 0 saturated heterocycles. The van der Waals surface area contributed by atoms with E-state index in [-0.39, 0.29) is 25.5 Å². The molecular weight excluding hydrogens is 495 g/mol. The fourth-order valence-electron chi connectivity index (χ4n) is 2.16. The van der Waals surface area contributed by atoms with E-state index in [0.29, 0.717) is 16.4 Å². The molecule has 0 aliphatic carbocycles. The van der Waals surface area contributed by atoms with Crippen LogP contribution in [0.1, 0.15) is 20.8 Å². The predicted molar refractivity (Wildman–Crippen MR) is 126 cm³/mol. The summed E-state index contributed by atoms with van der Waals surface area (Å²) in [5.41, 5.74) is 0. The number of nitrogens with zero attached hydrogens (tertiary/aromatic N) is 4. The first-order chi connectivity index (χ1) is 13.4. The van der Waals surface area contributed by atoms with Gasteiger partial charge in [0.25, 0.3) is 10.0 Å². The van der Waals surface area contributed by atoms with Gasteiger partial charge in [0, 0.05) is 24.5 Å². The second-order valence-corrected chi connectivity index (χ2v) is 11.0. The number of thiol groups is 4. The molecule has 162 valence electrons. The van der Waals surface area contributed by atoms with Crippen molar-refractivity contribution in [3.8, 4) is 0 Å². The first-order valence-electron chi connectivity index (χ1n) is 8.22. The van der Waals surface area contributed by atoms with Crippen molar-refractivity contribution in [2.45, 2.75) is 37.4 Å². The summed E-state index contributed by atoms with van der Waals surface area (Å²) in [6.45, 7) is 5.68. The number of rotatable bonds is 6. The Kier molecular flexibility index (Phi) is 8.26. The number of aromatic nitrogens is 2. The zero-order valence-electron chi connectivity index (χ0n) is 15.9. The summed E-state index contributed by atoms with van der Waals surface area (Å²) in [6.07, 6.45) is -1.10. The molecule has 1 aromatic heterocycles. The average Bonchev–Trinajstić information content (AvgIpc) is 3.13. The molecule has 0 fully saturated rings. The zero-order chi connectivity index (χ0) is 22.1. The van der Waals surface area contributed by atoms with E-state index in [1.165, 1.54) is 11.9 Å². The van der Waals surface area contributed by atoms with Crippen LogP contribution in [-0.4, -0.2) is 54.8 Å². The third kappa shape index (κ3) is 5.19. The van der Waals surface area contributed by atoms with Crippen LogP contribution in [0.15, 0.2) is 24.1 Å². The van der Waals surface area contributed by atoms with Crippen molar-refractivity contribution in [1.82, 2.24) is 19.8 Å². The van der Waals surface area contributed by atoms with E-state index in [9.17, 15) is 13.2 Å². The third-order valence-electron chi connectivity index (χ3n) is 3.66. The monoisotopic (exact) mass is 515 g/mol. The highest BCUT2D eigenvalue weighted by Gasteiger charge is 2.38. The Hall–Kier alpha value is -0.580. The van der Waals surface area contributed by atoms with Crippen LogP contribution in [0.4, 0.5) is 9.93 Å². The number of hydrogen-bond donors (Lipinski definition) is 5. The number of carbonyl (C=O) groups is 1. The zero-order valence-corrected chi connectivity index (χ0v) is 21.1. The summed E-state index contributed by atoms with van der Waals surface area (Å²) in [5.74, 6) is 0. The molecule has 1 aliphatic rings. The molecule has 1 N–H and O–H groups in total. The predicted octanol–water partition coefficient (Wildman–Crippen LogP) is 2.56. The summed E-state index contributed by atoms with van der Waals surface area (Å²) in [4.78, 5) is 14.6. The van der Waals surface area contributed by atoms with Crippen molar-refractivity contribution < 1.29 is 17.9 Å². The van der Waals surface area contributed by atoms with Gasteiger partial charge in [-0.1, -0.05) is 11.3 Å². The fraction of sp³-hybridized carbons (Fsp3) is 0.500. The van der Waals surface area contributed by atoms with Crippen LogP contribution in [0.25, 0.3) is 0 Å². The maximum atomic E-state index is 13.0. The highest BCUT2D eigenvalue weighted by Crippen LogP contribution is 2.39. The van der Waals surface area contributed by atoms with Gasteiger partial charge in [-0.15, -0.1) is 60.7 Å². The Morgan fingerprint density at radius 2 is 1.86 bits per heavy atom. The summed E-state index contributed by atoms with van der Waals surface area (Å²) >= 11 is 17.7. The van der Waals surface area contributed by atoms with Crippen LogP contribution in [0.2, 0.25) is 0 Å². The molecule has 0 spiro atoms. The molecule has 1 unspecified atom stereocenters. The van der Waals surface area contributed by atoms with Crippen molar-refractivity contribution in [3.63, 3.8) is 0 Å². The van der Waals surface area contributed by atoms with Crippen molar-refractivity contribution in [1.29, 1.82) is 0 Å². The molecule has 2 rings (SSSR count). The number of sulfonamides is 1. The molecule has 29 heavy (non-hydrogen) atoms. The third-order valence-corrected chi connectivity index (χ3v) is 8.95. The van der Waals surface area contributed by atoms with Gasteiger partial charge in [0.2, 0.25) is 9.47 Å². The number of carbonyl (C=O) groups excluding carboxylic acids is 1. The standard InChI is InChI=1S/C14H21N5O4S6/c1-5-19(12(20)15-6(2)3)13-16-17-14(28-13)29(21,22)18(4)10-8(25)7(24)9(26)11(27)23-10/h6,10,24-27H,5H2,1-4H3,(H,15,20). The Bertz CT molecular complexity index is 957. The Labute approximate surface area is 195 Å². The SMILES string of the molecule is CCN(C(=O)NC(C)C)c1nnc(S(=O)(=O)N(C)C2OC(S)=C(S)C(S)=C2S)s1. The molecule has 2 amide bonds. The number of nitrogens with one attached hydrogen (secondary N) is 1. The van der Waals surface area contributed by atoms with E-state index in [2.05, 4.69) is 66.0 Å². The maximum absolute atomic E-state index is 13.0. The van der Waals surface area contributed by atoms with Crippen LogP contribution in [0, 0.1) is 0 Å². The lowest BCUT2D eigenvalue weighted by molar-refractivity contribution is 0.0866. The van der Waals surface area contributed by atoms with Gasteiger partial charge in [0.15, 0.2) is 11.3 Å². The van der Waals surface area contributed by atoms with Gasteiger partial charge in [-0.3, -0.25) is 4.90 Å². The van der Waals surface area contributed by atoms with Crippen molar-refractivity contribution in [2.75, 3.05) is 18.5 Å². The fourth-order valence-corrected chi connectivity index (χ4v) is 5.78. The van der Waals surface area contributed by atoms with E-state index in [4.69, 9.17) is 4.74 Å². The molecular formula is C14H21N5O4S6. The lowest BCUT2D eigenvalue weighted by Gasteiger charge is -2.31. The largest absolute Gasteiger partial charge is 0.462 e. The van der Waals surface area contributed by atoms with E-state index in [1.807, 2.05) is 13.8 Å². The van der Waals surface area contributed by atoms with Gasteiger partial charge in [-0.25, -0.2) is 13.2 Å². The smallest absolute Gasteiger partial charge is 0.323 e. The van der Waals surface area contributed by atoms with Crippen LogP contribution >= 0.6 is 61.9 Å². The minimum Gasteiger partial charge on any atom is -0.462 e. The molecule has 0 radical (unpaired) electrons. The molecule has 1 aromatic rings. The van der Waals surface area contributed by atoms with E-state index >= 15 is 0 Å². The van der Waals surface area contributed by atoms with Crippen molar-refractivity contribution in [3.05, 3.63) is 19.8 Å². The van der Waals surface area contributed by atoms with Gasteiger partial charge < -0.3 is 10.1 Å². The molecule has 1 aliphatic heterocycles. The second kappa shape index (κ2) is 9.70. The highest BCUT2D eigenvalue weighted by molar-refractivity contribution is 7.93. The number of ether oxygens (including phenoxy) is 1. The first-order valence-corrected chi connectivity index (χ1v) is 12.3. The summed E-state index contributed by atoms with van der Waals surface area (Å²) in [6, 6.07) is -0.475. The van der Waals surface area contributed by atoms with Crippen LogP contribution in [0.3, 0.4) is 0 Å². The first kappa shape index (κ1) is 24.7. The van der Waals surface area contributed by atoms with Gasteiger partial charge in [0.1, 0.15) is 0 Å². The number of likely N-dealkylation sites (N-methyl/N-ethyl adjacent to an activating group) is 1. The van der Waals surface area contributed by atoms with Gasteiger partial charge >= 0.3 is 6.03 Å². The number of amides is 2. The topological polar surface area (TPSA) is 105 Å². The van der Waals surface area contributed by atoms with E-state index in [0.717, 1.165) is 15.6 Å². The Morgan fingerprint density at radius 3 is 2.41 bits per heavy atom. The van der Waals surface area contributed by atoms with Gasteiger partial charge in [0.05, 0.1) is 9.81 Å². The van der Waals surface area contributed by atoms with Crippen LogP contribution < -0.4 is 10.2 Å². The van der Waals surface area contributed by atoms with Crippen molar-refractivity contribution >= 4 is 83.0 Å². The van der Waals surface area contributed by atoms with Crippen molar-refractivity contribution in [2.24, 2.45) is 0 Å². The highest BCUT2D eigenvalue weighted by atomic mass is 32.2. The lowest BCUT2D eigenvalue weighted by atomic mass is 10.4. The molecule has 1 atom stereocenters. The van der Waals surface area contributed by atoms with Gasteiger partial charge in [-0.2, -0.15) is 4.31 Å². The lowest BCUT2D eigenvalue weighted by Crippen LogP contribution is -2.43. The van der Waals surface area contributed by atoms with Crippen LogP contribution in [-0.2, 0) is 14.8 Å². The number of anilines is 1. The maximum Gasteiger partial charge on any atom is 0.323 e. The summed E-state index contributed by atoms with van der Waals surface area (Å²) in [7, 11) is -2.80. The molecule has 0 aromatic carbocycles. The second-order valence-electron chi connectivity index (χ2n) is 6.08. The van der Waals surface area contributed by atoms with Crippen LogP contribution in [0.5, 0.6) is 0 Å². The molecule has 0 saturated carbocycles.